The number of halogens is 1. The van der Waals surface area contributed by atoms with Gasteiger partial charge in [0.15, 0.2) is 0 Å². The second-order valence-electron chi connectivity index (χ2n) is 5.54. The van der Waals surface area contributed by atoms with Crippen molar-refractivity contribution in [3.05, 3.63) is 34.3 Å². The fourth-order valence-electron chi connectivity index (χ4n) is 2.69. The Morgan fingerprint density at radius 3 is 2.78 bits per heavy atom. The molecule has 1 saturated carbocycles. The van der Waals surface area contributed by atoms with Crippen molar-refractivity contribution in [1.82, 2.24) is 5.32 Å². The minimum absolute atomic E-state index is 0.254. The van der Waals surface area contributed by atoms with Gasteiger partial charge in [-0.1, -0.05) is 17.7 Å². The molecule has 3 N–H and O–H groups in total. The standard InChI is InChI=1S/C14H17ClN2O/c15-12-4-3-10-6-14(13(16)18,7-11(10)5-12)17-8-9-1-2-9/h3-5,9,17H,1-2,6-8H2,(H2,16,18). The Kier molecular flexibility index (Phi) is 2.83. The number of carbonyl (C=O) groups is 1. The Hall–Kier alpha value is -1.06. The summed E-state index contributed by atoms with van der Waals surface area (Å²) in [5.74, 6) is 0.476. The number of hydrogen-bond acceptors (Lipinski definition) is 2. The highest BCUT2D eigenvalue weighted by Crippen LogP contribution is 2.34. The Morgan fingerprint density at radius 2 is 2.11 bits per heavy atom. The number of benzene rings is 1. The van der Waals surface area contributed by atoms with Crippen LogP contribution in [-0.4, -0.2) is 18.0 Å². The average Bonchev–Trinajstić information content (AvgIpc) is 3.07. The van der Waals surface area contributed by atoms with E-state index in [0.29, 0.717) is 12.8 Å². The van der Waals surface area contributed by atoms with Gasteiger partial charge >= 0.3 is 0 Å². The summed E-state index contributed by atoms with van der Waals surface area (Å²) in [6.45, 7) is 0.894. The summed E-state index contributed by atoms with van der Waals surface area (Å²) < 4.78 is 0. The third kappa shape index (κ3) is 2.13. The number of nitrogens with two attached hydrogens (primary N) is 1. The molecule has 4 heteroatoms. The highest BCUT2D eigenvalue weighted by atomic mass is 35.5. The van der Waals surface area contributed by atoms with Crippen molar-refractivity contribution in [1.29, 1.82) is 0 Å². The monoisotopic (exact) mass is 264 g/mol. The molecule has 1 amide bonds. The van der Waals surface area contributed by atoms with Crippen LogP contribution in [-0.2, 0) is 17.6 Å². The van der Waals surface area contributed by atoms with Crippen molar-refractivity contribution in [3.63, 3.8) is 0 Å². The van der Waals surface area contributed by atoms with Crippen molar-refractivity contribution in [2.75, 3.05) is 6.54 Å². The van der Waals surface area contributed by atoms with Crippen LogP contribution in [0.5, 0.6) is 0 Å². The van der Waals surface area contributed by atoms with Crippen molar-refractivity contribution in [3.8, 4) is 0 Å². The van der Waals surface area contributed by atoms with E-state index in [9.17, 15) is 4.79 Å². The van der Waals surface area contributed by atoms with Crippen LogP contribution in [0.4, 0.5) is 0 Å². The molecule has 2 aliphatic rings. The fourth-order valence-corrected chi connectivity index (χ4v) is 2.89. The van der Waals surface area contributed by atoms with E-state index in [1.54, 1.807) is 0 Å². The molecule has 3 rings (SSSR count). The van der Waals surface area contributed by atoms with E-state index in [2.05, 4.69) is 5.32 Å². The zero-order valence-corrected chi connectivity index (χ0v) is 11.0. The molecular weight excluding hydrogens is 248 g/mol. The lowest BCUT2D eigenvalue weighted by Gasteiger charge is -2.26. The lowest BCUT2D eigenvalue weighted by atomic mass is 9.94. The third-order valence-electron chi connectivity index (χ3n) is 4.05. The molecule has 1 atom stereocenters. The summed E-state index contributed by atoms with van der Waals surface area (Å²) >= 11 is 6.00. The molecule has 0 spiro atoms. The second kappa shape index (κ2) is 4.25. The summed E-state index contributed by atoms with van der Waals surface area (Å²) in [5.41, 5.74) is 7.35. The van der Waals surface area contributed by atoms with Gasteiger partial charge in [0.05, 0.1) is 0 Å². The third-order valence-corrected chi connectivity index (χ3v) is 4.29. The average molecular weight is 265 g/mol. The maximum Gasteiger partial charge on any atom is 0.238 e. The van der Waals surface area contributed by atoms with Gasteiger partial charge in [0.25, 0.3) is 0 Å². The molecule has 0 radical (unpaired) electrons. The first-order valence-electron chi connectivity index (χ1n) is 6.41. The first-order valence-corrected chi connectivity index (χ1v) is 6.79. The van der Waals surface area contributed by atoms with Crippen molar-refractivity contribution < 1.29 is 4.79 Å². The quantitative estimate of drug-likeness (QED) is 0.869. The molecular formula is C14H17ClN2O. The summed E-state index contributed by atoms with van der Waals surface area (Å²) in [5, 5.41) is 4.12. The number of amides is 1. The predicted molar refractivity (Wildman–Crippen MR) is 71.5 cm³/mol. The molecule has 0 aliphatic heterocycles. The topological polar surface area (TPSA) is 55.1 Å². The van der Waals surface area contributed by atoms with Gasteiger partial charge in [-0.3, -0.25) is 4.79 Å². The lowest BCUT2D eigenvalue weighted by Crippen LogP contribution is -2.56. The van der Waals surface area contributed by atoms with Gasteiger partial charge < -0.3 is 11.1 Å². The van der Waals surface area contributed by atoms with E-state index >= 15 is 0 Å². The molecule has 1 aromatic rings. The van der Waals surface area contributed by atoms with E-state index in [1.165, 1.54) is 18.4 Å². The summed E-state index contributed by atoms with van der Waals surface area (Å²) in [4.78, 5) is 11.8. The van der Waals surface area contributed by atoms with Crippen molar-refractivity contribution >= 4 is 17.5 Å². The Morgan fingerprint density at radius 1 is 1.39 bits per heavy atom. The van der Waals surface area contributed by atoms with E-state index in [-0.39, 0.29) is 5.91 Å². The maximum atomic E-state index is 11.8. The number of carbonyl (C=O) groups excluding carboxylic acids is 1. The zero-order valence-electron chi connectivity index (χ0n) is 10.2. The van der Waals surface area contributed by atoms with E-state index in [4.69, 9.17) is 17.3 Å². The van der Waals surface area contributed by atoms with E-state index in [1.807, 2.05) is 18.2 Å². The van der Waals surface area contributed by atoms with Crippen LogP contribution in [0.1, 0.15) is 24.0 Å². The van der Waals surface area contributed by atoms with E-state index in [0.717, 1.165) is 23.0 Å². The second-order valence-corrected chi connectivity index (χ2v) is 5.97. The van der Waals surface area contributed by atoms with Crippen LogP contribution in [0.15, 0.2) is 18.2 Å². The summed E-state index contributed by atoms with van der Waals surface area (Å²) in [7, 11) is 0. The van der Waals surface area contributed by atoms with Crippen molar-refractivity contribution in [2.45, 2.75) is 31.2 Å². The number of nitrogens with one attached hydrogen (secondary N) is 1. The van der Waals surface area contributed by atoms with Crippen LogP contribution < -0.4 is 11.1 Å². The van der Waals surface area contributed by atoms with Crippen LogP contribution in [0, 0.1) is 5.92 Å². The first kappa shape index (κ1) is 12.0. The smallest absolute Gasteiger partial charge is 0.238 e. The maximum absolute atomic E-state index is 11.8. The SMILES string of the molecule is NC(=O)C1(NCC2CC2)Cc2ccc(Cl)cc2C1. The van der Waals surface area contributed by atoms with Gasteiger partial charge in [0.1, 0.15) is 5.54 Å². The van der Waals surface area contributed by atoms with Crippen LogP contribution in [0.25, 0.3) is 0 Å². The molecule has 0 heterocycles. The van der Waals surface area contributed by atoms with Gasteiger partial charge in [-0.05, 0) is 48.6 Å². The first-order chi connectivity index (χ1) is 8.59. The molecule has 2 aliphatic carbocycles. The van der Waals surface area contributed by atoms with Crippen LogP contribution in [0.2, 0.25) is 5.02 Å². The highest BCUT2D eigenvalue weighted by Gasteiger charge is 2.43. The van der Waals surface area contributed by atoms with E-state index < -0.39 is 5.54 Å². The minimum atomic E-state index is -0.602. The van der Waals surface area contributed by atoms with Crippen LogP contribution in [0.3, 0.4) is 0 Å². The van der Waals surface area contributed by atoms with Crippen molar-refractivity contribution in [2.24, 2.45) is 11.7 Å². The highest BCUT2D eigenvalue weighted by molar-refractivity contribution is 6.30. The molecule has 96 valence electrons. The van der Waals surface area contributed by atoms with Gasteiger partial charge in [-0.15, -0.1) is 0 Å². The molecule has 0 saturated heterocycles. The zero-order chi connectivity index (χ0) is 12.8. The molecule has 1 aromatic carbocycles. The predicted octanol–water partition coefficient (Wildman–Crippen LogP) is 1.66. The normalized spacial score (nSPS) is 26.1. The van der Waals surface area contributed by atoms with Gasteiger partial charge in [0.2, 0.25) is 5.91 Å². The molecule has 1 fully saturated rings. The molecule has 3 nitrogen and oxygen atoms in total. The van der Waals surface area contributed by atoms with Gasteiger partial charge in [-0.2, -0.15) is 0 Å². The van der Waals surface area contributed by atoms with Crippen LogP contribution >= 0.6 is 11.6 Å². The fraction of sp³-hybridized carbons (Fsp3) is 0.500. The minimum Gasteiger partial charge on any atom is -0.368 e. The molecule has 18 heavy (non-hydrogen) atoms. The van der Waals surface area contributed by atoms with Gasteiger partial charge in [0, 0.05) is 17.9 Å². The summed E-state index contributed by atoms with van der Waals surface area (Å²) in [6.07, 6.45) is 3.87. The summed E-state index contributed by atoms with van der Waals surface area (Å²) in [6, 6.07) is 5.82. The number of primary amides is 1. The number of fused-ring (bicyclic) bond motifs is 1. The van der Waals surface area contributed by atoms with Gasteiger partial charge in [-0.25, -0.2) is 0 Å². The Bertz CT molecular complexity index is 499. The number of hydrogen-bond donors (Lipinski definition) is 2. The largest absolute Gasteiger partial charge is 0.368 e. The number of rotatable bonds is 4. The molecule has 0 bridgehead atoms. The Labute approximate surface area is 112 Å². The molecule has 0 aromatic heterocycles. The lowest BCUT2D eigenvalue weighted by molar-refractivity contribution is -0.124. The molecule has 1 unspecified atom stereocenters. The Balaban J connectivity index is 1.82.